The average molecular weight is 342 g/mol. The molecule has 0 aromatic rings. The third-order valence-corrected chi connectivity index (χ3v) is 4.47. The van der Waals surface area contributed by atoms with Crippen LogP contribution >= 0.6 is 0 Å². The van der Waals surface area contributed by atoms with Crippen LogP contribution in [-0.4, -0.2) is 37.2 Å². The first-order valence-corrected chi connectivity index (χ1v) is 8.57. The first-order chi connectivity index (χ1) is 11.0. The van der Waals surface area contributed by atoms with E-state index in [1.54, 1.807) is 6.92 Å². The Morgan fingerprint density at radius 1 is 1.29 bits per heavy atom. The Labute approximate surface area is 144 Å². The highest BCUT2D eigenvalue weighted by molar-refractivity contribution is 5.87. The molecule has 0 amide bonds. The van der Waals surface area contributed by atoms with Gasteiger partial charge in [0.05, 0.1) is 25.0 Å². The Morgan fingerprint density at radius 3 is 2.33 bits per heavy atom. The van der Waals surface area contributed by atoms with E-state index in [0.717, 1.165) is 0 Å². The summed E-state index contributed by atoms with van der Waals surface area (Å²) in [5.74, 6) is -1.31. The lowest BCUT2D eigenvalue weighted by Gasteiger charge is -2.43. The first kappa shape index (κ1) is 20.5. The molecule has 24 heavy (non-hydrogen) atoms. The molecular weight excluding hydrogens is 312 g/mol. The molecule has 0 aliphatic carbocycles. The minimum atomic E-state index is -1.06. The molecule has 1 aliphatic heterocycles. The second-order valence-corrected chi connectivity index (χ2v) is 7.76. The van der Waals surface area contributed by atoms with Gasteiger partial charge < -0.3 is 14.2 Å². The van der Waals surface area contributed by atoms with Crippen LogP contribution in [0.25, 0.3) is 0 Å². The fourth-order valence-electron chi connectivity index (χ4n) is 3.09. The van der Waals surface area contributed by atoms with Gasteiger partial charge in [0, 0.05) is 6.42 Å². The molecule has 6 nitrogen and oxygen atoms in total. The second kappa shape index (κ2) is 7.99. The van der Waals surface area contributed by atoms with E-state index in [-0.39, 0.29) is 25.6 Å². The second-order valence-electron chi connectivity index (χ2n) is 7.76. The van der Waals surface area contributed by atoms with Gasteiger partial charge in [0.2, 0.25) is 6.10 Å². The van der Waals surface area contributed by atoms with Gasteiger partial charge in [-0.1, -0.05) is 34.6 Å². The smallest absolute Gasteiger partial charge is 0.347 e. The zero-order valence-electron chi connectivity index (χ0n) is 15.6. The summed E-state index contributed by atoms with van der Waals surface area (Å²) in [6.45, 7) is 11.9. The zero-order valence-corrected chi connectivity index (χ0v) is 15.6. The van der Waals surface area contributed by atoms with Crippen LogP contribution in [0.3, 0.4) is 0 Å². The molecule has 138 valence electrons. The van der Waals surface area contributed by atoms with Gasteiger partial charge >= 0.3 is 17.9 Å². The van der Waals surface area contributed by atoms with Gasteiger partial charge in [-0.25, -0.2) is 4.79 Å². The van der Waals surface area contributed by atoms with Gasteiger partial charge in [-0.3, -0.25) is 9.59 Å². The minimum absolute atomic E-state index is 0.0663. The standard InChI is InChI=1S/C18H30O6/c1-7-22-14(19)11-18(10-12(2)3,17(4,5)6)16(21)24-13-8-9-23-15(13)20/h12-13H,7-11H2,1-6H3. The monoisotopic (exact) mass is 342 g/mol. The molecule has 0 N–H and O–H groups in total. The van der Waals surface area contributed by atoms with Gasteiger partial charge in [-0.2, -0.15) is 0 Å². The summed E-state index contributed by atoms with van der Waals surface area (Å²) < 4.78 is 15.4. The maximum absolute atomic E-state index is 13.1. The van der Waals surface area contributed by atoms with Crippen molar-refractivity contribution in [1.29, 1.82) is 0 Å². The van der Waals surface area contributed by atoms with Crippen LogP contribution in [0.5, 0.6) is 0 Å². The van der Waals surface area contributed by atoms with E-state index in [0.29, 0.717) is 12.8 Å². The summed E-state index contributed by atoms with van der Waals surface area (Å²) in [6, 6.07) is 0. The lowest BCUT2D eigenvalue weighted by molar-refractivity contribution is -0.180. The maximum Gasteiger partial charge on any atom is 0.347 e. The number of ether oxygens (including phenoxy) is 3. The highest BCUT2D eigenvalue weighted by Gasteiger charge is 2.53. The molecule has 1 rings (SSSR count). The van der Waals surface area contributed by atoms with Crippen LogP contribution in [0.4, 0.5) is 0 Å². The summed E-state index contributed by atoms with van der Waals surface area (Å²) in [5, 5.41) is 0. The van der Waals surface area contributed by atoms with E-state index in [4.69, 9.17) is 14.2 Å². The predicted molar refractivity (Wildman–Crippen MR) is 88.0 cm³/mol. The quantitative estimate of drug-likeness (QED) is 0.523. The number of esters is 3. The molecule has 1 aliphatic rings. The van der Waals surface area contributed by atoms with E-state index in [1.807, 2.05) is 34.6 Å². The van der Waals surface area contributed by atoms with Crippen molar-refractivity contribution < 1.29 is 28.6 Å². The lowest BCUT2D eigenvalue weighted by atomic mass is 9.61. The van der Waals surface area contributed by atoms with E-state index in [2.05, 4.69) is 0 Å². The molecule has 0 spiro atoms. The SMILES string of the molecule is CCOC(=O)CC(CC(C)C)(C(=O)OC1CCOC1=O)C(C)(C)C. The molecule has 0 aromatic heterocycles. The number of carbonyl (C=O) groups excluding carboxylic acids is 3. The highest BCUT2D eigenvalue weighted by atomic mass is 16.6. The Bertz CT molecular complexity index is 476. The van der Waals surface area contributed by atoms with Crippen LogP contribution in [-0.2, 0) is 28.6 Å². The van der Waals surface area contributed by atoms with Gasteiger partial charge in [-0.15, -0.1) is 0 Å². The van der Waals surface area contributed by atoms with Crippen LogP contribution in [0, 0.1) is 16.7 Å². The lowest BCUT2D eigenvalue weighted by Crippen LogP contribution is -2.48. The molecule has 1 fully saturated rings. The highest BCUT2D eigenvalue weighted by Crippen LogP contribution is 2.48. The normalized spacial score (nSPS) is 20.5. The molecule has 1 heterocycles. The summed E-state index contributed by atoms with van der Waals surface area (Å²) in [7, 11) is 0. The third-order valence-electron chi connectivity index (χ3n) is 4.47. The molecule has 0 saturated carbocycles. The van der Waals surface area contributed by atoms with Crippen LogP contribution in [0.15, 0.2) is 0 Å². The number of cyclic esters (lactones) is 1. The zero-order chi connectivity index (χ0) is 18.5. The summed E-state index contributed by atoms with van der Waals surface area (Å²) in [5.41, 5.74) is -1.60. The topological polar surface area (TPSA) is 78.9 Å². The summed E-state index contributed by atoms with van der Waals surface area (Å²) >= 11 is 0. The van der Waals surface area contributed by atoms with Crippen molar-refractivity contribution in [3.63, 3.8) is 0 Å². The average Bonchev–Trinajstić information content (AvgIpc) is 2.81. The molecule has 0 bridgehead atoms. The van der Waals surface area contributed by atoms with Crippen molar-refractivity contribution >= 4 is 17.9 Å². The van der Waals surface area contributed by atoms with Crippen LogP contribution in [0.2, 0.25) is 0 Å². The number of carbonyl (C=O) groups is 3. The third kappa shape index (κ3) is 4.71. The summed E-state index contributed by atoms with van der Waals surface area (Å²) in [4.78, 5) is 36.9. The molecule has 2 atom stereocenters. The molecule has 0 aromatic carbocycles. The Hall–Kier alpha value is -1.59. The van der Waals surface area contributed by atoms with Crippen molar-refractivity contribution in [3.8, 4) is 0 Å². The van der Waals surface area contributed by atoms with Gasteiger partial charge in [0.15, 0.2) is 0 Å². The van der Waals surface area contributed by atoms with E-state index in [1.165, 1.54) is 0 Å². The van der Waals surface area contributed by atoms with E-state index in [9.17, 15) is 14.4 Å². The fraction of sp³-hybridized carbons (Fsp3) is 0.833. The predicted octanol–water partition coefficient (Wildman–Crippen LogP) is 2.88. The number of rotatable bonds is 7. The molecule has 1 saturated heterocycles. The van der Waals surface area contributed by atoms with Crippen LogP contribution in [0.1, 0.15) is 60.8 Å². The Kier molecular flexibility index (Phi) is 6.81. The fourth-order valence-corrected chi connectivity index (χ4v) is 3.09. The minimum Gasteiger partial charge on any atom is -0.466 e. The summed E-state index contributed by atoms with van der Waals surface area (Å²) in [6.07, 6.45) is -0.126. The Morgan fingerprint density at radius 2 is 1.92 bits per heavy atom. The van der Waals surface area contributed by atoms with Crippen molar-refractivity contribution in [2.45, 2.75) is 66.9 Å². The van der Waals surface area contributed by atoms with Crippen molar-refractivity contribution in [2.24, 2.45) is 16.7 Å². The molecule has 0 radical (unpaired) electrons. The number of hydrogen-bond acceptors (Lipinski definition) is 6. The molecule has 2 unspecified atom stereocenters. The first-order valence-electron chi connectivity index (χ1n) is 8.57. The molecule has 6 heteroatoms. The van der Waals surface area contributed by atoms with Crippen molar-refractivity contribution in [3.05, 3.63) is 0 Å². The van der Waals surface area contributed by atoms with Gasteiger partial charge in [0.1, 0.15) is 0 Å². The van der Waals surface area contributed by atoms with E-state index >= 15 is 0 Å². The largest absolute Gasteiger partial charge is 0.466 e. The Balaban J connectivity index is 3.14. The maximum atomic E-state index is 13.1. The number of hydrogen-bond donors (Lipinski definition) is 0. The van der Waals surface area contributed by atoms with Gasteiger partial charge in [-0.05, 0) is 24.7 Å². The molecular formula is C18H30O6. The van der Waals surface area contributed by atoms with Crippen molar-refractivity contribution in [1.82, 2.24) is 0 Å². The van der Waals surface area contributed by atoms with Crippen molar-refractivity contribution in [2.75, 3.05) is 13.2 Å². The van der Waals surface area contributed by atoms with E-state index < -0.39 is 34.8 Å². The van der Waals surface area contributed by atoms with Gasteiger partial charge in [0.25, 0.3) is 0 Å². The van der Waals surface area contributed by atoms with Crippen LogP contribution < -0.4 is 0 Å².